The second kappa shape index (κ2) is 10.3. The van der Waals surface area contributed by atoms with Crippen molar-refractivity contribution < 1.29 is 27.2 Å². The molecule has 11 heteroatoms. The molecule has 1 aromatic heterocycles. The maximum absolute atomic E-state index is 14.3. The van der Waals surface area contributed by atoms with Gasteiger partial charge in [-0.05, 0) is 50.5 Å². The lowest BCUT2D eigenvalue weighted by molar-refractivity contribution is -0.138. The number of hydrogen-bond donors (Lipinski definition) is 1. The summed E-state index contributed by atoms with van der Waals surface area (Å²) in [5.74, 6) is -1.24. The van der Waals surface area contributed by atoms with Crippen LogP contribution in [0.1, 0.15) is 48.2 Å². The second-order valence-corrected chi connectivity index (χ2v) is 9.47. The molecule has 2 saturated heterocycles. The molecule has 194 valence electrons. The standard InChI is InChI=1S/C25H29F4N5O2/c1-16(2)31-23(35)18-5-3-17(4-6-18)15-33-11-12-34(24(33)36)20-7-9-32(10-8-20)22-21(26)13-19(14-30-22)25(27,28)29/h3-6,13-14,16,20H,7-12,15H2,1-2H3,(H,31,35). The topological polar surface area (TPSA) is 68.8 Å². The molecule has 0 unspecified atom stereocenters. The molecule has 0 bridgehead atoms. The van der Waals surface area contributed by atoms with Gasteiger partial charge < -0.3 is 20.0 Å². The van der Waals surface area contributed by atoms with Crippen LogP contribution < -0.4 is 10.2 Å². The van der Waals surface area contributed by atoms with Crippen LogP contribution in [0.2, 0.25) is 0 Å². The van der Waals surface area contributed by atoms with E-state index in [1.807, 2.05) is 30.9 Å². The number of benzene rings is 1. The van der Waals surface area contributed by atoms with Crippen LogP contribution in [0.3, 0.4) is 0 Å². The fraction of sp³-hybridized carbons (Fsp3) is 0.480. The van der Waals surface area contributed by atoms with Crippen molar-refractivity contribution in [2.24, 2.45) is 0 Å². The van der Waals surface area contributed by atoms with Crippen molar-refractivity contribution in [3.05, 3.63) is 59.0 Å². The summed E-state index contributed by atoms with van der Waals surface area (Å²) in [4.78, 5) is 34.1. The van der Waals surface area contributed by atoms with Crippen molar-refractivity contribution in [2.45, 2.75) is 51.5 Å². The monoisotopic (exact) mass is 507 g/mol. The molecule has 2 aliphatic heterocycles. The number of piperidine rings is 1. The van der Waals surface area contributed by atoms with Gasteiger partial charge in [0, 0.05) is 56.6 Å². The summed E-state index contributed by atoms with van der Waals surface area (Å²) in [6.45, 7) is 6.15. The first-order chi connectivity index (χ1) is 17.0. The van der Waals surface area contributed by atoms with E-state index >= 15 is 0 Å². The number of aromatic nitrogens is 1. The minimum atomic E-state index is -4.65. The maximum atomic E-state index is 14.3. The van der Waals surface area contributed by atoms with Gasteiger partial charge in [0.05, 0.1) is 5.56 Å². The molecule has 2 fully saturated rings. The quantitative estimate of drug-likeness (QED) is 0.593. The third kappa shape index (κ3) is 5.71. The van der Waals surface area contributed by atoms with E-state index in [2.05, 4.69) is 10.3 Å². The van der Waals surface area contributed by atoms with Gasteiger partial charge in [-0.3, -0.25) is 4.79 Å². The number of amides is 3. The number of pyridine rings is 1. The minimum absolute atomic E-state index is 0.0293. The zero-order chi connectivity index (χ0) is 26.0. The van der Waals surface area contributed by atoms with Crippen LogP contribution in [-0.2, 0) is 12.7 Å². The molecular weight excluding hydrogens is 478 g/mol. The van der Waals surface area contributed by atoms with Gasteiger partial charge in [0.2, 0.25) is 0 Å². The number of hydrogen-bond acceptors (Lipinski definition) is 4. The summed E-state index contributed by atoms with van der Waals surface area (Å²) in [6.07, 6.45) is -2.86. The predicted molar refractivity (Wildman–Crippen MR) is 126 cm³/mol. The lowest BCUT2D eigenvalue weighted by Crippen LogP contribution is -2.47. The fourth-order valence-electron chi connectivity index (χ4n) is 4.62. The van der Waals surface area contributed by atoms with E-state index in [4.69, 9.17) is 0 Å². The highest BCUT2D eigenvalue weighted by Crippen LogP contribution is 2.32. The van der Waals surface area contributed by atoms with Gasteiger partial charge in [0.25, 0.3) is 5.91 Å². The number of carbonyl (C=O) groups is 2. The summed E-state index contributed by atoms with van der Waals surface area (Å²) >= 11 is 0. The Labute approximate surface area is 207 Å². The van der Waals surface area contributed by atoms with Crippen LogP contribution in [0.25, 0.3) is 0 Å². The molecular formula is C25H29F4N5O2. The van der Waals surface area contributed by atoms with E-state index in [0.29, 0.717) is 63.4 Å². The first-order valence-electron chi connectivity index (χ1n) is 12.0. The fourth-order valence-corrected chi connectivity index (χ4v) is 4.62. The Bertz CT molecular complexity index is 1100. The molecule has 2 aliphatic rings. The Hall–Kier alpha value is -3.37. The first-order valence-corrected chi connectivity index (χ1v) is 12.0. The van der Waals surface area contributed by atoms with Crippen molar-refractivity contribution in [1.82, 2.24) is 20.1 Å². The molecule has 2 aromatic rings. The van der Waals surface area contributed by atoms with Crippen LogP contribution in [0, 0.1) is 5.82 Å². The Kier molecular flexibility index (Phi) is 7.37. The zero-order valence-electron chi connectivity index (χ0n) is 20.2. The van der Waals surface area contributed by atoms with Crippen LogP contribution in [0.4, 0.5) is 28.2 Å². The normalized spacial score (nSPS) is 17.3. The lowest BCUT2D eigenvalue weighted by atomic mass is 10.0. The number of carbonyl (C=O) groups excluding carboxylic acids is 2. The van der Waals surface area contributed by atoms with E-state index < -0.39 is 17.6 Å². The Balaban J connectivity index is 1.31. The molecule has 1 aromatic carbocycles. The minimum Gasteiger partial charge on any atom is -0.354 e. The third-order valence-corrected chi connectivity index (χ3v) is 6.49. The van der Waals surface area contributed by atoms with Gasteiger partial charge in [-0.2, -0.15) is 13.2 Å². The molecule has 1 N–H and O–H groups in total. The lowest BCUT2D eigenvalue weighted by Gasteiger charge is -2.37. The Morgan fingerprint density at radius 1 is 1.11 bits per heavy atom. The molecule has 36 heavy (non-hydrogen) atoms. The van der Waals surface area contributed by atoms with Crippen molar-refractivity contribution >= 4 is 17.8 Å². The smallest absolute Gasteiger partial charge is 0.354 e. The van der Waals surface area contributed by atoms with Gasteiger partial charge in [-0.25, -0.2) is 14.2 Å². The van der Waals surface area contributed by atoms with Gasteiger partial charge in [-0.15, -0.1) is 0 Å². The van der Waals surface area contributed by atoms with Gasteiger partial charge in [0.1, 0.15) is 0 Å². The zero-order valence-corrected chi connectivity index (χ0v) is 20.2. The number of nitrogens with one attached hydrogen (secondary N) is 1. The van der Waals surface area contributed by atoms with Crippen LogP contribution in [-0.4, -0.2) is 65.0 Å². The number of nitrogens with zero attached hydrogens (tertiary/aromatic N) is 4. The molecule has 4 rings (SSSR count). The van der Waals surface area contributed by atoms with E-state index in [1.54, 1.807) is 21.9 Å². The van der Waals surface area contributed by atoms with Crippen molar-refractivity contribution in [3.63, 3.8) is 0 Å². The van der Waals surface area contributed by atoms with Gasteiger partial charge in [0.15, 0.2) is 11.6 Å². The van der Waals surface area contributed by atoms with Crippen LogP contribution >= 0.6 is 0 Å². The summed E-state index contributed by atoms with van der Waals surface area (Å²) < 4.78 is 52.7. The second-order valence-electron chi connectivity index (χ2n) is 9.47. The number of urea groups is 1. The summed E-state index contributed by atoms with van der Waals surface area (Å²) in [5.41, 5.74) is 0.368. The van der Waals surface area contributed by atoms with Crippen molar-refractivity contribution in [2.75, 3.05) is 31.1 Å². The van der Waals surface area contributed by atoms with Crippen LogP contribution in [0.5, 0.6) is 0 Å². The van der Waals surface area contributed by atoms with Gasteiger partial charge in [-0.1, -0.05) is 12.1 Å². The van der Waals surface area contributed by atoms with E-state index in [1.165, 1.54) is 0 Å². The maximum Gasteiger partial charge on any atom is 0.417 e. The number of rotatable bonds is 6. The number of halogens is 4. The highest BCUT2D eigenvalue weighted by atomic mass is 19.4. The first kappa shape index (κ1) is 25.7. The SMILES string of the molecule is CC(C)NC(=O)c1ccc(CN2CCN(C3CCN(c4ncc(C(F)(F)F)cc4F)CC3)C2=O)cc1. The molecule has 0 saturated carbocycles. The molecule has 0 atom stereocenters. The van der Waals surface area contributed by atoms with E-state index in [9.17, 15) is 27.2 Å². The summed E-state index contributed by atoms with van der Waals surface area (Å²) in [6, 6.07) is 7.59. The van der Waals surface area contributed by atoms with Gasteiger partial charge >= 0.3 is 12.2 Å². The Morgan fingerprint density at radius 3 is 2.36 bits per heavy atom. The average Bonchev–Trinajstić information content (AvgIpc) is 3.18. The molecule has 3 amide bonds. The largest absolute Gasteiger partial charge is 0.417 e. The summed E-state index contributed by atoms with van der Waals surface area (Å²) in [7, 11) is 0. The van der Waals surface area contributed by atoms with E-state index in [0.717, 1.165) is 5.56 Å². The average molecular weight is 508 g/mol. The molecule has 7 nitrogen and oxygen atoms in total. The Morgan fingerprint density at radius 2 is 1.78 bits per heavy atom. The third-order valence-electron chi connectivity index (χ3n) is 6.49. The van der Waals surface area contributed by atoms with Crippen LogP contribution in [0.15, 0.2) is 36.5 Å². The number of alkyl halides is 3. The van der Waals surface area contributed by atoms with Crippen molar-refractivity contribution in [3.8, 4) is 0 Å². The molecule has 0 spiro atoms. The predicted octanol–water partition coefficient (Wildman–Crippen LogP) is 4.28. The highest BCUT2D eigenvalue weighted by Gasteiger charge is 2.36. The molecule has 0 radical (unpaired) electrons. The van der Waals surface area contributed by atoms with Crippen molar-refractivity contribution in [1.29, 1.82) is 0 Å². The highest BCUT2D eigenvalue weighted by molar-refractivity contribution is 5.94. The van der Waals surface area contributed by atoms with E-state index in [-0.39, 0.29) is 29.8 Å². The number of anilines is 1. The molecule has 0 aliphatic carbocycles. The summed E-state index contributed by atoms with van der Waals surface area (Å²) in [5, 5.41) is 2.84. The molecule has 3 heterocycles.